The second kappa shape index (κ2) is 11.4. The molecule has 5 aromatic rings. The molecule has 1 amide bonds. The molecule has 46 heavy (non-hydrogen) atoms. The molecule has 11 heteroatoms. The van der Waals surface area contributed by atoms with Gasteiger partial charge in [-0.1, -0.05) is 35.9 Å². The van der Waals surface area contributed by atoms with Crippen molar-refractivity contribution in [3.05, 3.63) is 87.5 Å². The number of aromatic nitrogens is 3. The number of alkyl halides is 1. The number of nitriles is 1. The van der Waals surface area contributed by atoms with Gasteiger partial charge >= 0.3 is 0 Å². The average molecular weight is 638 g/mol. The van der Waals surface area contributed by atoms with Gasteiger partial charge in [-0.25, -0.2) is 14.4 Å². The molecule has 0 radical (unpaired) electrons. The van der Waals surface area contributed by atoms with Gasteiger partial charge < -0.3 is 19.2 Å². The predicted octanol–water partition coefficient (Wildman–Crippen LogP) is 6.51. The van der Waals surface area contributed by atoms with Gasteiger partial charge in [0.2, 0.25) is 5.89 Å². The Labute approximate surface area is 271 Å². The summed E-state index contributed by atoms with van der Waals surface area (Å²) < 4.78 is 22.1. The highest BCUT2D eigenvalue weighted by atomic mass is 35.5. The first kappa shape index (κ1) is 30.1. The minimum absolute atomic E-state index is 0.323. The van der Waals surface area contributed by atoms with Crippen LogP contribution in [0.4, 0.5) is 10.1 Å². The van der Waals surface area contributed by atoms with E-state index in [0.717, 1.165) is 52.2 Å². The Bertz CT molecular complexity index is 2070. The van der Waals surface area contributed by atoms with Gasteiger partial charge in [-0.3, -0.25) is 9.69 Å². The zero-order valence-corrected chi connectivity index (χ0v) is 26.9. The Morgan fingerprint density at radius 2 is 1.87 bits per heavy atom. The number of nitrogens with zero attached hydrogens (tertiary/aromatic N) is 6. The minimum atomic E-state index is -1.17. The number of likely N-dealkylation sites (N-methyl/N-ethyl adjacent to an activating group) is 1. The van der Waals surface area contributed by atoms with Crippen LogP contribution < -0.4 is 5.32 Å². The molecule has 4 heterocycles. The van der Waals surface area contributed by atoms with E-state index in [0.29, 0.717) is 65.3 Å². The molecule has 1 fully saturated rings. The summed E-state index contributed by atoms with van der Waals surface area (Å²) in [6.45, 7) is 6.44. The van der Waals surface area contributed by atoms with E-state index in [1.807, 2.05) is 66.9 Å². The van der Waals surface area contributed by atoms with Gasteiger partial charge in [0.1, 0.15) is 17.3 Å². The van der Waals surface area contributed by atoms with Gasteiger partial charge in [-0.15, -0.1) is 0 Å². The first-order valence-corrected chi connectivity index (χ1v) is 15.6. The summed E-state index contributed by atoms with van der Waals surface area (Å²) >= 11 is 6.95. The van der Waals surface area contributed by atoms with E-state index < -0.39 is 5.67 Å². The Hall–Kier alpha value is -4.56. The number of nitrogens with one attached hydrogen (secondary N) is 1. The number of anilines is 1. The van der Waals surface area contributed by atoms with E-state index in [4.69, 9.17) is 21.0 Å². The number of imidazole rings is 1. The van der Waals surface area contributed by atoms with Crippen molar-refractivity contribution in [2.24, 2.45) is 7.05 Å². The Morgan fingerprint density at radius 3 is 2.63 bits per heavy atom. The summed E-state index contributed by atoms with van der Waals surface area (Å²) in [5, 5.41) is 13.2. The molecule has 1 saturated heterocycles. The third-order valence-corrected chi connectivity index (χ3v) is 9.34. The molecule has 2 aliphatic rings. The van der Waals surface area contributed by atoms with Crippen LogP contribution in [0.2, 0.25) is 5.02 Å². The monoisotopic (exact) mass is 637 g/mol. The van der Waals surface area contributed by atoms with Crippen LogP contribution >= 0.6 is 11.6 Å². The molecule has 0 atom stereocenters. The van der Waals surface area contributed by atoms with Crippen LogP contribution in [0.1, 0.15) is 45.6 Å². The van der Waals surface area contributed by atoms with Crippen LogP contribution in [0.3, 0.4) is 0 Å². The smallest absolute Gasteiger partial charge is 0.291 e. The van der Waals surface area contributed by atoms with Gasteiger partial charge in [0.05, 0.1) is 22.0 Å². The zero-order chi connectivity index (χ0) is 32.3. The fourth-order valence-electron chi connectivity index (χ4n) is 6.67. The molecule has 2 aromatic heterocycles. The highest BCUT2D eigenvalue weighted by Crippen LogP contribution is 2.39. The second-order valence-corrected chi connectivity index (χ2v) is 13.0. The van der Waals surface area contributed by atoms with Crippen LogP contribution in [-0.4, -0.2) is 62.6 Å². The van der Waals surface area contributed by atoms with Gasteiger partial charge in [0.15, 0.2) is 11.4 Å². The number of oxazole rings is 1. The third-order valence-electron chi connectivity index (χ3n) is 8.93. The molecule has 9 nitrogen and oxygen atoms in total. The third kappa shape index (κ3) is 5.34. The lowest BCUT2D eigenvalue weighted by molar-refractivity contribution is -0.0225. The fraction of sp³-hybridized carbons (Fsp3) is 0.314. The summed E-state index contributed by atoms with van der Waals surface area (Å²) in [5.74, 6) is 0.408. The van der Waals surface area contributed by atoms with Crippen molar-refractivity contribution in [3.8, 4) is 28.7 Å². The first-order chi connectivity index (χ1) is 22.0. The standard InChI is InChI=1S/C35H33ClFN7O2/c1-20-23(25-9-6-10-26(30(25)36)40-33(45)32-39-28-17-42(3)12-11-29(28)43(32)4)7-5-8-24(20)34-41-27-14-21(13-22(15-38)31(27)46-34)16-44-18-35(2,37)19-44/h5-10,13-14H,11-12,16-19H2,1-4H3,(H,40,45). The summed E-state index contributed by atoms with van der Waals surface area (Å²) in [5.41, 5.74) is 6.79. The summed E-state index contributed by atoms with van der Waals surface area (Å²) in [6.07, 6.45) is 0.839. The normalized spacial score (nSPS) is 16.2. The van der Waals surface area contributed by atoms with Crippen LogP contribution in [0, 0.1) is 18.3 Å². The molecule has 0 spiro atoms. The molecular formula is C35H33ClFN7O2. The molecule has 234 valence electrons. The SMILES string of the molecule is Cc1c(-c2nc3cc(CN4CC(C)(F)C4)cc(C#N)c3o2)cccc1-c1cccc(NC(=O)c2nc3c(n2C)CCN(C)C3)c1Cl. The number of carbonyl (C=O) groups excluding carboxylic acids is 1. The molecule has 3 aromatic carbocycles. The van der Waals surface area contributed by atoms with Crippen molar-refractivity contribution in [1.29, 1.82) is 5.26 Å². The zero-order valence-electron chi connectivity index (χ0n) is 26.1. The average Bonchev–Trinajstić information content (AvgIpc) is 3.57. The van der Waals surface area contributed by atoms with E-state index in [2.05, 4.69) is 21.3 Å². The maximum Gasteiger partial charge on any atom is 0.291 e. The van der Waals surface area contributed by atoms with Gasteiger partial charge in [-0.2, -0.15) is 5.26 Å². The van der Waals surface area contributed by atoms with Crippen molar-refractivity contribution in [2.45, 2.75) is 39.0 Å². The first-order valence-electron chi connectivity index (χ1n) is 15.2. The van der Waals surface area contributed by atoms with Crippen molar-refractivity contribution >= 4 is 34.3 Å². The van der Waals surface area contributed by atoms with Crippen LogP contribution in [0.15, 0.2) is 52.9 Å². The number of hydrogen-bond donors (Lipinski definition) is 1. The molecule has 7 rings (SSSR count). The van der Waals surface area contributed by atoms with Crippen LogP contribution in [-0.2, 0) is 26.6 Å². The van der Waals surface area contributed by atoms with Gasteiger partial charge in [0, 0.05) is 63.0 Å². The predicted molar refractivity (Wildman–Crippen MR) is 175 cm³/mol. The van der Waals surface area contributed by atoms with Crippen molar-refractivity contribution in [2.75, 3.05) is 32.0 Å². The lowest BCUT2D eigenvalue weighted by Gasteiger charge is -2.42. The van der Waals surface area contributed by atoms with E-state index in [9.17, 15) is 14.4 Å². The molecule has 1 N–H and O–H groups in total. The largest absolute Gasteiger partial charge is 0.435 e. The van der Waals surface area contributed by atoms with E-state index in [1.54, 1.807) is 19.1 Å². The molecule has 0 aliphatic carbocycles. The lowest BCUT2D eigenvalue weighted by atomic mass is 9.96. The maximum absolute atomic E-state index is 14.0. The highest BCUT2D eigenvalue weighted by molar-refractivity contribution is 6.36. The number of likely N-dealkylation sites (tertiary alicyclic amines) is 1. The van der Waals surface area contributed by atoms with Crippen molar-refractivity contribution in [3.63, 3.8) is 0 Å². The number of amides is 1. The van der Waals surface area contributed by atoms with Gasteiger partial charge in [-0.05, 0) is 61.9 Å². The van der Waals surface area contributed by atoms with E-state index in [1.165, 1.54) is 0 Å². The number of carbonyl (C=O) groups is 1. The number of rotatable bonds is 6. The van der Waals surface area contributed by atoms with Crippen LogP contribution in [0.25, 0.3) is 33.7 Å². The second-order valence-electron chi connectivity index (χ2n) is 12.7. The van der Waals surface area contributed by atoms with Crippen molar-refractivity contribution in [1.82, 2.24) is 24.3 Å². The van der Waals surface area contributed by atoms with Gasteiger partial charge in [0.25, 0.3) is 5.91 Å². The minimum Gasteiger partial charge on any atom is -0.435 e. The molecule has 0 bridgehead atoms. The Balaban J connectivity index is 1.18. The Kier molecular flexibility index (Phi) is 7.43. The Morgan fingerprint density at radius 1 is 1.13 bits per heavy atom. The summed E-state index contributed by atoms with van der Waals surface area (Å²) in [6, 6.07) is 17.2. The topological polar surface area (TPSA) is 103 Å². The molecular weight excluding hydrogens is 605 g/mol. The fourth-order valence-corrected chi connectivity index (χ4v) is 6.95. The number of fused-ring (bicyclic) bond motifs is 2. The highest BCUT2D eigenvalue weighted by Gasteiger charge is 2.38. The maximum atomic E-state index is 14.0. The molecule has 2 aliphatic heterocycles. The quantitative estimate of drug-likeness (QED) is 0.226. The van der Waals surface area contributed by atoms with Crippen LogP contribution in [0.5, 0.6) is 0 Å². The summed E-state index contributed by atoms with van der Waals surface area (Å²) in [7, 11) is 3.92. The van der Waals surface area contributed by atoms with Crippen molar-refractivity contribution < 1.29 is 13.6 Å². The number of benzene rings is 3. The van der Waals surface area contributed by atoms with E-state index >= 15 is 0 Å². The summed E-state index contributed by atoms with van der Waals surface area (Å²) in [4.78, 5) is 27.0. The lowest BCUT2D eigenvalue weighted by Crippen LogP contribution is -2.56. The number of hydrogen-bond acceptors (Lipinski definition) is 7. The molecule has 0 unspecified atom stereocenters. The molecule has 0 saturated carbocycles. The van der Waals surface area contributed by atoms with E-state index in [-0.39, 0.29) is 5.91 Å². The number of halogens is 2.